The van der Waals surface area contributed by atoms with Crippen LogP contribution >= 0.6 is 0 Å². The van der Waals surface area contributed by atoms with Crippen LogP contribution < -0.4 is 0 Å². The number of carbonyl (C=O) groups is 2. The van der Waals surface area contributed by atoms with E-state index in [-0.39, 0.29) is 18.3 Å². The minimum absolute atomic E-state index is 0.0369. The molecule has 2 aliphatic rings. The molecule has 1 saturated carbocycles. The molecule has 0 spiro atoms. The number of hydrogen-bond donors (Lipinski definition) is 4. The number of aliphatic hydroxyl groups excluding tert-OH is 3. The lowest BCUT2D eigenvalue weighted by Crippen LogP contribution is -2.49. The molecule has 6 atom stereocenters. The van der Waals surface area contributed by atoms with Gasteiger partial charge < -0.3 is 29.9 Å². The summed E-state index contributed by atoms with van der Waals surface area (Å²) in [6.07, 6.45) is 5.86. The molecule has 8 heteroatoms. The van der Waals surface area contributed by atoms with Crippen molar-refractivity contribution < 1.29 is 39.5 Å². The maximum atomic E-state index is 12.8. The Morgan fingerprint density at radius 1 is 1.00 bits per heavy atom. The van der Waals surface area contributed by atoms with Crippen LogP contribution in [-0.4, -0.2) is 63.1 Å². The van der Waals surface area contributed by atoms with Gasteiger partial charge in [-0.05, 0) is 68.8 Å². The third-order valence-electron chi connectivity index (χ3n) is 6.86. The Morgan fingerprint density at radius 3 is 2.47 bits per heavy atom. The van der Waals surface area contributed by atoms with E-state index in [4.69, 9.17) is 9.47 Å². The molecule has 1 aromatic carbocycles. The molecule has 8 nitrogen and oxygen atoms in total. The van der Waals surface area contributed by atoms with Crippen LogP contribution in [0.15, 0.2) is 42.5 Å². The molecule has 1 aromatic rings. The Morgan fingerprint density at radius 2 is 1.74 bits per heavy atom. The number of carbonyl (C=O) groups excluding carboxylic acids is 2. The third kappa shape index (κ3) is 7.12. The maximum Gasteiger partial charge on any atom is 0.382 e. The van der Waals surface area contributed by atoms with E-state index in [1.807, 2.05) is 42.5 Å². The van der Waals surface area contributed by atoms with Gasteiger partial charge in [-0.3, -0.25) is 4.79 Å². The second-order valence-electron chi connectivity index (χ2n) is 9.34. The predicted molar refractivity (Wildman–Crippen MR) is 123 cm³/mol. The molecule has 0 unspecified atom stereocenters. The molecule has 3 rings (SSSR count). The minimum atomic E-state index is -2.76. The Balaban J connectivity index is 1.79. The fraction of sp³-hybridized carbons (Fsp3) is 0.615. The van der Waals surface area contributed by atoms with Gasteiger partial charge in [0.15, 0.2) is 0 Å². The lowest BCUT2D eigenvalue weighted by atomic mass is 9.85. The second kappa shape index (κ2) is 12.4. The molecule has 1 aliphatic carbocycles. The van der Waals surface area contributed by atoms with Gasteiger partial charge in [-0.1, -0.05) is 42.5 Å². The number of aryl methyl sites for hydroxylation is 1. The molecule has 188 valence electrons. The van der Waals surface area contributed by atoms with Gasteiger partial charge in [0.1, 0.15) is 12.7 Å². The van der Waals surface area contributed by atoms with Crippen molar-refractivity contribution in [3.8, 4) is 0 Å². The van der Waals surface area contributed by atoms with Crippen LogP contribution in [0.25, 0.3) is 0 Å². The van der Waals surface area contributed by atoms with Gasteiger partial charge >= 0.3 is 17.7 Å². The van der Waals surface area contributed by atoms with Gasteiger partial charge in [-0.2, -0.15) is 0 Å². The van der Waals surface area contributed by atoms with Crippen molar-refractivity contribution in [1.82, 2.24) is 0 Å². The molecular weight excluding hydrogens is 440 g/mol. The molecular formula is C26H36O8. The van der Waals surface area contributed by atoms with Crippen LogP contribution in [0.2, 0.25) is 0 Å². The normalized spacial score (nSPS) is 34.6. The monoisotopic (exact) mass is 476 g/mol. The smallest absolute Gasteiger partial charge is 0.382 e. The van der Waals surface area contributed by atoms with Crippen molar-refractivity contribution >= 4 is 11.9 Å². The average Bonchev–Trinajstić information content (AvgIpc) is 3.09. The van der Waals surface area contributed by atoms with E-state index in [1.165, 1.54) is 0 Å². The Kier molecular flexibility index (Phi) is 9.64. The van der Waals surface area contributed by atoms with Crippen molar-refractivity contribution in [2.45, 2.75) is 81.9 Å². The SMILES string of the molecule is O=C1CCC/C=C/C[C@@H]2[C@@H](CC[C@H](CCc3ccccc3)OC(=O)[C@](O)(CO)O1)[C@H](O)C[C@@H]2O. The summed E-state index contributed by atoms with van der Waals surface area (Å²) >= 11 is 0. The van der Waals surface area contributed by atoms with Crippen molar-refractivity contribution in [3.05, 3.63) is 48.0 Å². The van der Waals surface area contributed by atoms with Gasteiger partial charge in [0, 0.05) is 6.42 Å². The highest BCUT2D eigenvalue weighted by Crippen LogP contribution is 2.39. The van der Waals surface area contributed by atoms with E-state index in [1.54, 1.807) is 0 Å². The number of fused-ring (bicyclic) bond motifs is 1. The fourth-order valence-electron chi connectivity index (χ4n) is 4.88. The fourth-order valence-corrected chi connectivity index (χ4v) is 4.88. The molecule has 1 aliphatic heterocycles. The summed E-state index contributed by atoms with van der Waals surface area (Å²) in [6.45, 7) is -1.11. The van der Waals surface area contributed by atoms with Gasteiger partial charge in [0.2, 0.25) is 0 Å². The highest BCUT2D eigenvalue weighted by atomic mass is 16.7. The lowest BCUT2D eigenvalue weighted by Gasteiger charge is -2.28. The quantitative estimate of drug-likeness (QED) is 0.383. The zero-order valence-electron chi connectivity index (χ0n) is 19.4. The number of esters is 2. The topological polar surface area (TPSA) is 134 Å². The molecule has 0 bridgehead atoms. The van der Waals surface area contributed by atoms with E-state index in [2.05, 4.69) is 0 Å². The van der Waals surface area contributed by atoms with Crippen molar-refractivity contribution in [2.75, 3.05) is 6.61 Å². The molecule has 1 fully saturated rings. The van der Waals surface area contributed by atoms with E-state index >= 15 is 0 Å². The molecule has 34 heavy (non-hydrogen) atoms. The first-order valence-electron chi connectivity index (χ1n) is 12.1. The van der Waals surface area contributed by atoms with Crippen molar-refractivity contribution in [2.24, 2.45) is 11.8 Å². The Hall–Kier alpha value is -2.26. The summed E-state index contributed by atoms with van der Waals surface area (Å²) in [5.74, 6) is -5.04. The first-order chi connectivity index (χ1) is 16.3. The first-order valence-corrected chi connectivity index (χ1v) is 12.1. The van der Waals surface area contributed by atoms with E-state index in [9.17, 15) is 30.0 Å². The minimum Gasteiger partial charge on any atom is -0.457 e. The van der Waals surface area contributed by atoms with Gasteiger partial charge in [-0.25, -0.2) is 4.79 Å². The summed E-state index contributed by atoms with van der Waals surface area (Å²) in [4.78, 5) is 24.9. The largest absolute Gasteiger partial charge is 0.457 e. The molecule has 0 saturated heterocycles. The number of rotatable bonds is 4. The lowest BCUT2D eigenvalue weighted by molar-refractivity contribution is -0.240. The summed E-state index contributed by atoms with van der Waals surface area (Å²) in [5.41, 5.74) is 1.05. The molecule has 0 radical (unpaired) electrons. The second-order valence-corrected chi connectivity index (χ2v) is 9.34. The number of benzene rings is 1. The van der Waals surface area contributed by atoms with Crippen molar-refractivity contribution in [1.29, 1.82) is 0 Å². The molecule has 1 heterocycles. The predicted octanol–water partition coefficient (Wildman–Crippen LogP) is 2.02. The van der Waals surface area contributed by atoms with Crippen LogP contribution in [-0.2, 0) is 25.5 Å². The van der Waals surface area contributed by atoms with E-state index in [0.29, 0.717) is 51.4 Å². The molecule has 4 N–H and O–H groups in total. The highest BCUT2D eigenvalue weighted by Gasteiger charge is 2.44. The number of hydrogen-bond acceptors (Lipinski definition) is 8. The zero-order valence-corrected chi connectivity index (χ0v) is 19.4. The van der Waals surface area contributed by atoms with E-state index < -0.39 is 42.6 Å². The third-order valence-corrected chi connectivity index (χ3v) is 6.86. The standard InChI is InChI=1S/C26H36O8/c27-17-26(32)25(31)33-19(13-12-18-8-4-3-5-9-18)14-15-21-20(22(28)16-23(21)29)10-6-1-2-7-11-24(30)34-26/h1,3-6,8-9,19-23,27-29,32H,2,7,10-17H2/b6-1+/t19-,20+,21+,22-,23+,26-/m0/s1. The molecule has 0 aromatic heterocycles. The van der Waals surface area contributed by atoms with Crippen LogP contribution in [0.5, 0.6) is 0 Å². The van der Waals surface area contributed by atoms with E-state index in [0.717, 1.165) is 5.56 Å². The summed E-state index contributed by atoms with van der Waals surface area (Å²) in [7, 11) is 0. The first kappa shape index (κ1) is 26.3. The number of ether oxygens (including phenoxy) is 2. The van der Waals surface area contributed by atoms with Gasteiger partial charge in [0.05, 0.1) is 12.2 Å². The van der Waals surface area contributed by atoms with Crippen LogP contribution in [0, 0.1) is 11.8 Å². The highest BCUT2D eigenvalue weighted by molar-refractivity contribution is 5.82. The number of allylic oxidation sites excluding steroid dienone is 2. The van der Waals surface area contributed by atoms with Crippen LogP contribution in [0.3, 0.4) is 0 Å². The van der Waals surface area contributed by atoms with Gasteiger partial charge in [0.25, 0.3) is 0 Å². The van der Waals surface area contributed by atoms with Crippen LogP contribution in [0.4, 0.5) is 0 Å². The average molecular weight is 477 g/mol. The number of cyclic esters (lactones) is 2. The summed E-state index contributed by atoms with van der Waals surface area (Å²) < 4.78 is 10.5. The Labute approximate surface area is 200 Å². The number of aliphatic hydroxyl groups is 4. The Bertz CT molecular complexity index is 825. The van der Waals surface area contributed by atoms with Crippen molar-refractivity contribution in [3.63, 3.8) is 0 Å². The maximum absolute atomic E-state index is 12.8. The van der Waals surface area contributed by atoms with Crippen LogP contribution in [0.1, 0.15) is 56.9 Å². The van der Waals surface area contributed by atoms with Gasteiger partial charge in [-0.15, -0.1) is 0 Å². The molecule has 0 amide bonds. The summed E-state index contributed by atoms with van der Waals surface area (Å²) in [5, 5.41) is 41.1. The summed E-state index contributed by atoms with van der Waals surface area (Å²) in [6, 6.07) is 9.66. The zero-order chi connectivity index (χ0) is 24.6.